The highest BCUT2D eigenvalue weighted by atomic mass is 16.5. The summed E-state index contributed by atoms with van der Waals surface area (Å²) in [6, 6.07) is 14.3. The van der Waals surface area contributed by atoms with Gasteiger partial charge in [-0.1, -0.05) is 25.1 Å². The van der Waals surface area contributed by atoms with Crippen molar-refractivity contribution in [2.24, 2.45) is 0 Å². The number of amides is 2. The Morgan fingerprint density at radius 1 is 1.32 bits per heavy atom. The van der Waals surface area contributed by atoms with E-state index in [1.54, 1.807) is 7.11 Å². The van der Waals surface area contributed by atoms with Crippen molar-refractivity contribution in [3.05, 3.63) is 53.6 Å². The smallest absolute Gasteiger partial charge is 0.324 e. The quantitative estimate of drug-likeness (QED) is 0.680. The zero-order valence-corrected chi connectivity index (χ0v) is 18.5. The first-order chi connectivity index (χ1) is 14.9. The van der Waals surface area contributed by atoms with Crippen molar-refractivity contribution in [2.75, 3.05) is 33.1 Å². The molecule has 0 unspecified atom stereocenters. The zero-order valence-electron chi connectivity index (χ0n) is 18.5. The maximum atomic E-state index is 13.3. The largest absolute Gasteiger partial charge is 0.497 e. The van der Waals surface area contributed by atoms with Gasteiger partial charge in [0.1, 0.15) is 5.75 Å². The highest BCUT2D eigenvalue weighted by molar-refractivity contribution is 5.90. The number of fused-ring (bicyclic) bond motifs is 5. The summed E-state index contributed by atoms with van der Waals surface area (Å²) >= 11 is 0. The first-order valence-electron chi connectivity index (χ1n) is 10.8. The molecule has 2 heterocycles. The second-order valence-corrected chi connectivity index (χ2v) is 9.03. The number of anilines is 1. The second-order valence-electron chi connectivity index (χ2n) is 9.03. The lowest BCUT2D eigenvalue weighted by Crippen LogP contribution is -2.67. The van der Waals surface area contributed by atoms with Gasteiger partial charge in [-0.05, 0) is 61.8 Å². The molecule has 2 aromatic carbocycles. The number of benzene rings is 2. The van der Waals surface area contributed by atoms with E-state index in [9.17, 15) is 4.79 Å². The molecule has 7 nitrogen and oxygen atoms in total. The minimum absolute atomic E-state index is 0.0373. The molecule has 5 rings (SSSR count). The van der Waals surface area contributed by atoms with Crippen LogP contribution in [0.2, 0.25) is 0 Å². The van der Waals surface area contributed by atoms with Crippen LogP contribution in [0.3, 0.4) is 0 Å². The number of ether oxygens (including phenoxy) is 1. The Labute approximate surface area is 182 Å². The van der Waals surface area contributed by atoms with Gasteiger partial charge in [-0.25, -0.2) is 9.78 Å². The lowest BCUT2D eigenvalue weighted by atomic mass is 9.61. The SMILES string of the molecule is COc1ccc2c(c1)[C@@]1(C)CCN(C)[C@H](C2)[C@@H]1N(C)C(=O)Nc1nc2ccccc2[nH]1. The summed E-state index contributed by atoms with van der Waals surface area (Å²) in [6.45, 7) is 3.30. The Bertz CT molecular complexity index is 1110. The molecule has 2 bridgehead atoms. The number of carbonyl (C=O) groups excluding carboxylic acids is 1. The topological polar surface area (TPSA) is 73.5 Å². The van der Waals surface area contributed by atoms with Crippen LogP contribution in [-0.4, -0.2) is 65.6 Å². The summed E-state index contributed by atoms with van der Waals surface area (Å²) < 4.78 is 5.52. The normalized spacial score (nSPS) is 25.2. The highest BCUT2D eigenvalue weighted by Gasteiger charge is 2.52. The number of carbonyl (C=O) groups is 1. The average Bonchev–Trinajstić information content (AvgIpc) is 3.18. The van der Waals surface area contributed by atoms with E-state index in [1.807, 2.05) is 42.3 Å². The molecule has 7 heteroatoms. The molecule has 2 N–H and O–H groups in total. The average molecular weight is 420 g/mol. The number of aromatic nitrogens is 2. The number of imidazole rings is 1. The number of rotatable bonds is 3. The van der Waals surface area contributed by atoms with Crippen molar-refractivity contribution in [3.63, 3.8) is 0 Å². The van der Waals surface area contributed by atoms with E-state index in [4.69, 9.17) is 4.74 Å². The number of hydrogen-bond acceptors (Lipinski definition) is 4. The molecular formula is C24H29N5O2. The van der Waals surface area contributed by atoms with Crippen molar-refractivity contribution in [2.45, 2.75) is 37.3 Å². The molecule has 2 aliphatic rings. The fraction of sp³-hybridized carbons (Fsp3) is 0.417. The molecule has 0 spiro atoms. The van der Waals surface area contributed by atoms with Crippen molar-refractivity contribution >= 4 is 23.0 Å². The Morgan fingerprint density at radius 3 is 2.90 bits per heavy atom. The summed E-state index contributed by atoms with van der Waals surface area (Å²) in [6.07, 6.45) is 1.89. The van der Waals surface area contributed by atoms with Crippen molar-refractivity contribution in [3.8, 4) is 5.75 Å². The van der Waals surface area contributed by atoms with Crippen LogP contribution in [-0.2, 0) is 11.8 Å². The maximum Gasteiger partial charge on any atom is 0.324 e. The third kappa shape index (κ3) is 3.15. The van der Waals surface area contributed by atoms with Crippen LogP contribution in [0.4, 0.5) is 10.7 Å². The number of methoxy groups -OCH3 is 1. The van der Waals surface area contributed by atoms with Gasteiger partial charge in [0.05, 0.1) is 24.2 Å². The molecule has 1 fully saturated rings. The van der Waals surface area contributed by atoms with Crippen LogP contribution in [0, 0.1) is 0 Å². The van der Waals surface area contributed by atoms with Gasteiger partial charge >= 0.3 is 6.03 Å². The lowest BCUT2D eigenvalue weighted by molar-refractivity contribution is 0.0213. The molecule has 31 heavy (non-hydrogen) atoms. The van der Waals surface area contributed by atoms with Gasteiger partial charge in [0.25, 0.3) is 0 Å². The lowest BCUT2D eigenvalue weighted by Gasteiger charge is -2.57. The molecule has 1 aromatic heterocycles. The predicted octanol–water partition coefficient (Wildman–Crippen LogP) is 3.62. The molecule has 1 aliphatic carbocycles. The summed E-state index contributed by atoms with van der Waals surface area (Å²) in [5.41, 5.74) is 4.23. The number of para-hydroxylation sites is 2. The van der Waals surface area contributed by atoms with Crippen molar-refractivity contribution in [1.29, 1.82) is 0 Å². The predicted molar refractivity (Wildman–Crippen MR) is 122 cm³/mol. The molecule has 0 radical (unpaired) electrons. The van der Waals surface area contributed by atoms with Gasteiger partial charge in [0.2, 0.25) is 5.95 Å². The zero-order chi connectivity index (χ0) is 21.8. The molecule has 1 aliphatic heterocycles. The van der Waals surface area contributed by atoms with Crippen LogP contribution in [0.25, 0.3) is 11.0 Å². The van der Waals surface area contributed by atoms with Crippen molar-refractivity contribution < 1.29 is 9.53 Å². The number of nitrogens with zero attached hydrogens (tertiary/aromatic N) is 3. The van der Waals surface area contributed by atoms with E-state index in [0.29, 0.717) is 5.95 Å². The van der Waals surface area contributed by atoms with E-state index < -0.39 is 0 Å². The third-order valence-corrected chi connectivity index (χ3v) is 7.28. The van der Waals surface area contributed by atoms with Crippen LogP contribution in [0.1, 0.15) is 24.5 Å². The fourth-order valence-electron chi connectivity index (χ4n) is 5.58. The summed E-state index contributed by atoms with van der Waals surface area (Å²) in [5.74, 6) is 1.34. The third-order valence-electron chi connectivity index (χ3n) is 7.28. The van der Waals surface area contributed by atoms with E-state index in [1.165, 1.54) is 11.1 Å². The van der Waals surface area contributed by atoms with E-state index in [0.717, 1.165) is 36.2 Å². The first kappa shape index (κ1) is 19.9. The Morgan fingerprint density at radius 2 is 2.13 bits per heavy atom. The summed E-state index contributed by atoms with van der Waals surface area (Å²) in [7, 11) is 5.77. The second kappa shape index (κ2) is 7.27. The number of aromatic amines is 1. The minimum Gasteiger partial charge on any atom is -0.497 e. The van der Waals surface area contributed by atoms with Gasteiger partial charge in [0.15, 0.2) is 0 Å². The molecule has 2 amide bonds. The highest BCUT2D eigenvalue weighted by Crippen LogP contribution is 2.47. The van der Waals surface area contributed by atoms with Gasteiger partial charge in [-0.2, -0.15) is 0 Å². The number of H-pyrrole nitrogens is 1. The Hall–Kier alpha value is -3.06. The molecule has 3 atom stereocenters. The molecule has 0 saturated carbocycles. The van der Waals surface area contributed by atoms with Gasteiger partial charge in [0, 0.05) is 18.5 Å². The van der Waals surface area contributed by atoms with E-state index in [-0.39, 0.29) is 23.5 Å². The Balaban J connectivity index is 1.47. The fourth-order valence-corrected chi connectivity index (χ4v) is 5.58. The summed E-state index contributed by atoms with van der Waals surface area (Å²) in [4.78, 5) is 25.3. The number of hydrogen-bond donors (Lipinski definition) is 2. The van der Waals surface area contributed by atoms with Gasteiger partial charge < -0.3 is 19.5 Å². The number of piperidine rings is 1. The number of urea groups is 1. The van der Waals surface area contributed by atoms with Crippen LogP contribution in [0.15, 0.2) is 42.5 Å². The number of nitrogens with one attached hydrogen (secondary N) is 2. The standard InChI is InChI=1S/C24H29N5O2/c1-24-11-12-28(2)20(13-15-9-10-16(31-4)14-17(15)24)21(24)29(3)23(30)27-22-25-18-7-5-6-8-19(18)26-22/h5-10,14,20-21H,11-13H2,1-4H3,(H2,25,26,27,30)/t20-,21+,24-/m1/s1. The first-order valence-corrected chi connectivity index (χ1v) is 10.8. The van der Waals surface area contributed by atoms with Crippen LogP contribution < -0.4 is 10.1 Å². The molecule has 162 valence electrons. The van der Waals surface area contributed by atoms with E-state index >= 15 is 0 Å². The van der Waals surface area contributed by atoms with Crippen LogP contribution in [0.5, 0.6) is 5.75 Å². The van der Waals surface area contributed by atoms with Gasteiger partial charge in [-0.3, -0.25) is 5.32 Å². The van der Waals surface area contributed by atoms with E-state index in [2.05, 4.69) is 46.3 Å². The number of likely N-dealkylation sites (N-methyl/N-ethyl adjacent to an activating group) is 2. The van der Waals surface area contributed by atoms with Crippen LogP contribution >= 0.6 is 0 Å². The molecule has 3 aromatic rings. The minimum atomic E-state index is -0.154. The van der Waals surface area contributed by atoms with Gasteiger partial charge in [-0.15, -0.1) is 0 Å². The monoisotopic (exact) mass is 419 g/mol. The number of likely N-dealkylation sites (tertiary alicyclic amines) is 1. The maximum absolute atomic E-state index is 13.3. The van der Waals surface area contributed by atoms with Crippen molar-refractivity contribution in [1.82, 2.24) is 19.8 Å². The molecular weight excluding hydrogens is 390 g/mol. The molecule has 1 saturated heterocycles. The summed E-state index contributed by atoms with van der Waals surface area (Å²) in [5, 5.41) is 2.97. The Kier molecular flexibility index (Phi) is 4.66.